The Kier molecular flexibility index (Phi) is 8.65. The monoisotopic (exact) mass is 495 g/mol. The smallest absolute Gasteiger partial charge is 0.149 e. The van der Waals surface area contributed by atoms with Gasteiger partial charge in [-0.05, 0) is 93.8 Å². The molecule has 3 aromatic rings. The summed E-state index contributed by atoms with van der Waals surface area (Å²) in [6, 6.07) is 24.0. The molecule has 2 unspecified atom stereocenters. The molecule has 0 aliphatic carbocycles. The Hall–Kier alpha value is -3.60. The molecular weight excluding hydrogens is 454 g/mol. The number of nitrogens with zero attached hydrogens (tertiary/aromatic N) is 5. The van der Waals surface area contributed by atoms with Crippen molar-refractivity contribution >= 4 is 28.5 Å². The SMILES string of the molecule is CCN(CC)c1ccc(C(C)=CC2=NN(c3ccccn3)C(c3ccc(N(CC)CC)cc3)C2C)cc1. The topological polar surface area (TPSA) is 35.0 Å². The molecule has 0 saturated heterocycles. The van der Waals surface area contributed by atoms with Gasteiger partial charge in [0.15, 0.2) is 0 Å². The summed E-state index contributed by atoms with van der Waals surface area (Å²) in [4.78, 5) is 9.38. The number of hydrogen-bond donors (Lipinski definition) is 0. The van der Waals surface area contributed by atoms with Crippen LogP contribution in [0.4, 0.5) is 17.2 Å². The first-order valence-electron chi connectivity index (χ1n) is 13.7. The van der Waals surface area contributed by atoms with Gasteiger partial charge >= 0.3 is 0 Å². The second-order valence-electron chi connectivity index (χ2n) is 9.60. The average molecular weight is 496 g/mol. The fourth-order valence-electron chi connectivity index (χ4n) is 5.22. The molecule has 1 aliphatic heterocycles. The molecule has 2 heterocycles. The van der Waals surface area contributed by atoms with E-state index in [0.717, 1.165) is 37.7 Å². The van der Waals surface area contributed by atoms with Gasteiger partial charge in [-0.15, -0.1) is 0 Å². The fraction of sp³-hybridized carbons (Fsp3) is 0.375. The van der Waals surface area contributed by atoms with Gasteiger partial charge in [0.25, 0.3) is 0 Å². The van der Waals surface area contributed by atoms with Crippen LogP contribution in [0.1, 0.15) is 58.7 Å². The van der Waals surface area contributed by atoms with E-state index in [2.05, 4.69) is 116 Å². The lowest BCUT2D eigenvalue weighted by Gasteiger charge is -2.27. The molecule has 5 heteroatoms. The maximum Gasteiger partial charge on any atom is 0.149 e. The molecule has 194 valence electrons. The number of hydrogen-bond acceptors (Lipinski definition) is 5. The van der Waals surface area contributed by atoms with Crippen LogP contribution in [0.2, 0.25) is 0 Å². The first-order chi connectivity index (χ1) is 18.0. The van der Waals surface area contributed by atoms with Crippen molar-refractivity contribution < 1.29 is 0 Å². The third-order valence-electron chi connectivity index (χ3n) is 7.49. The zero-order valence-electron chi connectivity index (χ0n) is 23.2. The van der Waals surface area contributed by atoms with E-state index in [-0.39, 0.29) is 12.0 Å². The van der Waals surface area contributed by atoms with Gasteiger partial charge in [0.05, 0.1) is 11.8 Å². The highest BCUT2D eigenvalue weighted by Crippen LogP contribution is 2.39. The second kappa shape index (κ2) is 12.1. The van der Waals surface area contributed by atoms with Crippen LogP contribution in [0, 0.1) is 5.92 Å². The molecule has 0 saturated carbocycles. The van der Waals surface area contributed by atoms with E-state index in [1.165, 1.54) is 28.1 Å². The molecular formula is C32H41N5. The Morgan fingerprint density at radius 3 is 1.89 bits per heavy atom. The van der Waals surface area contributed by atoms with Crippen LogP contribution in [0.25, 0.3) is 5.57 Å². The molecule has 0 fully saturated rings. The van der Waals surface area contributed by atoms with Crippen molar-refractivity contribution in [1.82, 2.24) is 4.98 Å². The van der Waals surface area contributed by atoms with Crippen molar-refractivity contribution in [3.63, 3.8) is 0 Å². The highest BCUT2D eigenvalue weighted by Gasteiger charge is 2.36. The van der Waals surface area contributed by atoms with Crippen molar-refractivity contribution in [3.05, 3.63) is 90.1 Å². The van der Waals surface area contributed by atoms with Crippen molar-refractivity contribution in [1.29, 1.82) is 0 Å². The number of pyridine rings is 1. The van der Waals surface area contributed by atoms with Crippen LogP contribution in [-0.4, -0.2) is 36.9 Å². The number of anilines is 3. The van der Waals surface area contributed by atoms with E-state index >= 15 is 0 Å². The Morgan fingerprint density at radius 2 is 1.38 bits per heavy atom. The molecule has 4 rings (SSSR count). The predicted molar refractivity (Wildman–Crippen MR) is 160 cm³/mol. The fourth-order valence-corrected chi connectivity index (χ4v) is 5.22. The van der Waals surface area contributed by atoms with E-state index in [0.29, 0.717) is 0 Å². The van der Waals surface area contributed by atoms with Crippen LogP contribution in [-0.2, 0) is 0 Å². The highest BCUT2D eigenvalue weighted by molar-refractivity contribution is 6.04. The van der Waals surface area contributed by atoms with Gasteiger partial charge in [0.1, 0.15) is 5.82 Å². The van der Waals surface area contributed by atoms with E-state index < -0.39 is 0 Å². The summed E-state index contributed by atoms with van der Waals surface area (Å²) in [6.07, 6.45) is 4.09. The van der Waals surface area contributed by atoms with Crippen LogP contribution in [0.5, 0.6) is 0 Å². The van der Waals surface area contributed by atoms with Crippen LogP contribution in [0.15, 0.2) is 84.1 Å². The molecule has 37 heavy (non-hydrogen) atoms. The first-order valence-corrected chi connectivity index (χ1v) is 13.7. The van der Waals surface area contributed by atoms with E-state index in [4.69, 9.17) is 5.10 Å². The van der Waals surface area contributed by atoms with E-state index in [1.54, 1.807) is 0 Å². The largest absolute Gasteiger partial charge is 0.372 e. The molecule has 0 bridgehead atoms. The minimum Gasteiger partial charge on any atom is -0.372 e. The Balaban J connectivity index is 1.65. The third kappa shape index (κ3) is 5.71. The van der Waals surface area contributed by atoms with E-state index in [9.17, 15) is 0 Å². The van der Waals surface area contributed by atoms with Gasteiger partial charge in [-0.1, -0.05) is 37.3 Å². The molecule has 1 aromatic heterocycles. The van der Waals surface area contributed by atoms with E-state index in [1.807, 2.05) is 24.4 Å². The molecule has 0 N–H and O–H groups in total. The average Bonchev–Trinajstić information content (AvgIpc) is 3.27. The molecule has 2 atom stereocenters. The van der Waals surface area contributed by atoms with Crippen LogP contribution >= 0.6 is 0 Å². The van der Waals surface area contributed by atoms with Crippen LogP contribution < -0.4 is 14.8 Å². The molecule has 1 aliphatic rings. The van der Waals surface area contributed by atoms with Crippen molar-refractivity contribution in [2.75, 3.05) is 41.0 Å². The molecule has 2 aromatic carbocycles. The van der Waals surface area contributed by atoms with Gasteiger partial charge < -0.3 is 9.80 Å². The molecule has 0 amide bonds. The number of rotatable bonds is 10. The molecule has 5 nitrogen and oxygen atoms in total. The Morgan fingerprint density at radius 1 is 0.811 bits per heavy atom. The van der Waals surface area contributed by atoms with Gasteiger partial charge in [-0.2, -0.15) is 5.10 Å². The number of aromatic nitrogens is 1. The zero-order valence-corrected chi connectivity index (χ0v) is 23.2. The maximum absolute atomic E-state index is 5.12. The number of hydrazone groups is 1. The lowest BCUT2D eigenvalue weighted by atomic mass is 9.90. The lowest BCUT2D eigenvalue weighted by molar-refractivity contribution is 0.584. The Labute approximate surface area is 223 Å². The predicted octanol–water partition coefficient (Wildman–Crippen LogP) is 7.43. The number of benzene rings is 2. The summed E-state index contributed by atoms with van der Waals surface area (Å²) in [7, 11) is 0. The van der Waals surface area contributed by atoms with Crippen molar-refractivity contribution in [2.24, 2.45) is 11.0 Å². The third-order valence-corrected chi connectivity index (χ3v) is 7.49. The van der Waals surface area contributed by atoms with Crippen molar-refractivity contribution in [3.8, 4) is 0 Å². The van der Waals surface area contributed by atoms with Gasteiger partial charge in [0.2, 0.25) is 0 Å². The minimum absolute atomic E-state index is 0.0877. The number of allylic oxidation sites excluding steroid dienone is 2. The van der Waals surface area contributed by atoms with Gasteiger partial charge in [0, 0.05) is 49.7 Å². The van der Waals surface area contributed by atoms with Crippen LogP contribution in [0.3, 0.4) is 0 Å². The Bertz CT molecular complexity index is 1190. The molecule has 0 spiro atoms. The summed E-state index contributed by atoms with van der Waals surface area (Å²) < 4.78 is 0. The minimum atomic E-state index is 0.0877. The second-order valence-corrected chi connectivity index (χ2v) is 9.60. The lowest BCUT2D eigenvalue weighted by Crippen LogP contribution is -2.25. The summed E-state index contributed by atoms with van der Waals surface area (Å²) in [6.45, 7) is 17.3. The highest BCUT2D eigenvalue weighted by atomic mass is 15.5. The van der Waals surface area contributed by atoms with Gasteiger partial charge in [-0.3, -0.25) is 0 Å². The van der Waals surface area contributed by atoms with Crippen molar-refractivity contribution in [2.45, 2.75) is 47.6 Å². The van der Waals surface area contributed by atoms with Gasteiger partial charge in [-0.25, -0.2) is 9.99 Å². The summed E-state index contributed by atoms with van der Waals surface area (Å²) >= 11 is 0. The summed E-state index contributed by atoms with van der Waals surface area (Å²) in [5, 5.41) is 7.21. The first kappa shape index (κ1) is 26.5. The quantitative estimate of drug-likeness (QED) is 0.293. The molecule has 0 radical (unpaired) electrons. The maximum atomic E-state index is 5.12. The standard InChI is InChI=1S/C32H41N5/c1-7-35(8-2)28-18-14-26(15-19-28)24(5)23-30-25(6)32(37(34-30)31-13-11-12-22-33-31)27-16-20-29(21-17-27)36(9-3)10-4/h11-23,25,32H,7-10H2,1-6H3. The summed E-state index contributed by atoms with van der Waals surface area (Å²) in [5.74, 6) is 1.09. The summed E-state index contributed by atoms with van der Waals surface area (Å²) in [5.41, 5.74) is 7.30. The zero-order chi connectivity index (χ0) is 26.4. The normalized spacial score (nSPS) is 17.6.